The molecule has 2 N–H and O–H groups in total. The van der Waals surface area contributed by atoms with Gasteiger partial charge in [0.2, 0.25) is 11.8 Å². The Morgan fingerprint density at radius 2 is 1.77 bits per heavy atom. The fourth-order valence-electron chi connectivity index (χ4n) is 4.73. The first-order valence-corrected chi connectivity index (χ1v) is 11.3. The quantitative estimate of drug-likeness (QED) is 0.446. The SMILES string of the molecule is COc1ccc2cc(-c3nc(-c4ccc5c(c4)CN(C4CCC(=O)NC4=O)C5=O)n[nH]3)ccc2c1. The Balaban J connectivity index is 1.26. The van der Waals surface area contributed by atoms with E-state index in [9.17, 15) is 14.4 Å². The van der Waals surface area contributed by atoms with Crippen LogP contribution in [0.15, 0.2) is 54.6 Å². The summed E-state index contributed by atoms with van der Waals surface area (Å²) in [5, 5.41) is 11.8. The fraction of sp³-hybridized carbons (Fsp3) is 0.192. The summed E-state index contributed by atoms with van der Waals surface area (Å²) in [6.07, 6.45) is 0.560. The summed E-state index contributed by atoms with van der Waals surface area (Å²) in [4.78, 5) is 42.9. The second kappa shape index (κ2) is 8.05. The van der Waals surface area contributed by atoms with Crippen molar-refractivity contribution in [2.24, 2.45) is 0 Å². The molecule has 2 aliphatic rings. The summed E-state index contributed by atoms with van der Waals surface area (Å²) < 4.78 is 5.29. The average molecular weight is 467 g/mol. The van der Waals surface area contributed by atoms with E-state index >= 15 is 0 Å². The molecular formula is C26H21N5O4. The van der Waals surface area contributed by atoms with Gasteiger partial charge in [0, 0.05) is 29.7 Å². The first-order valence-electron chi connectivity index (χ1n) is 11.3. The van der Waals surface area contributed by atoms with Crippen LogP contribution in [0.4, 0.5) is 0 Å². The van der Waals surface area contributed by atoms with Crippen molar-refractivity contribution >= 4 is 28.5 Å². The molecule has 9 heteroatoms. The molecule has 6 rings (SSSR count). The molecule has 0 radical (unpaired) electrons. The van der Waals surface area contributed by atoms with E-state index in [0.29, 0.717) is 30.2 Å². The number of piperidine rings is 1. The van der Waals surface area contributed by atoms with E-state index in [2.05, 4.69) is 20.5 Å². The van der Waals surface area contributed by atoms with E-state index in [-0.39, 0.29) is 18.2 Å². The van der Waals surface area contributed by atoms with Gasteiger partial charge in [-0.15, -0.1) is 0 Å². The lowest BCUT2D eigenvalue weighted by Crippen LogP contribution is -2.52. The summed E-state index contributed by atoms with van der Waals surface area (Å²) in [7, 11) is 1.65. The maximum absolute atomic E-state index is 12.9. The maximum atomic E-state index is 12.9. The molecule has 35 heavy (non-hydrogen) atoms. The summed E-state index contributed by atoms with van der Waals surface area (Å²) in [6.45, 7) is 0.305. The Bertz CT molecular complexity index is 1530. The van der Waals surface area contributed by atoms with Gasteiger partial charge in [0.05, 0.1) is 7.11 Å². The highest BCUT2D eigenvalue weighted by Gasteiger charge is 2.39. The predicted molar refractivity (Wildman–Crippen MR) is 127 cm³/mol. The van der Waals surface area contributed by atoms with Gasteiger partial charge in [-0.05, 0) is 53.1 Å². The highest BCUT2D eigenvalue weighted by molar-refractivity contribution is 6.05. The van der Waals surface area contributed by atoms with Crippen LogP contribution in [0, 0.1) is 0 Å². The summed E-state index contributed by atoms with van der Waals surface area (Å²) in [5.41, 5.74) is 3.04. The van der Waals surface area contributed by atoms with Crippen LogP contribution in [-0.4, -0.2) is 51.0 Å². The highest BCUT2D eigenvalue weighted by atomic mass is 16.5. The fourth-order valence-corrected chi connectivity index (χ4v) is 4.73. The number of nitrogens with zero attached hydrogens (tertiary/aromatic N) is 3. The van der Waals surface area contributed by atoms with Gasteiger partial charge in [0.25, 0.3) is 5.91 Å². The van der Waals surface area contributed by atoms with Crippen LogP contribution >= 0.6 is 0 Å². The van der Waals surface area contributed by atoms with Crippen molar-refractivity contribution in [3.05, 3.63) is 65.7 Å². The third-order valence-electron chi connectivity index (χ3n) is 6.59. The second-order valence-electron chi connectivity index (χ2n) is 8.71. The number of imide groups is 1. The van der Waals surface area contributed by atoms with Crippen LogP contribution in [0.1, 0.15) is 28.8 Å². The molecule has 4 aromatic rings. The van der Waals surface area contributed by atoms with E-state index < -0.39 is 11.9 Å². The number of aromatic amines is 1. The zero-order valence-corrected chi connectivity index (χ0v) is 18.9. The molecular weight excluding hydrogens is 446 g/mol. The van der Waals surface area contributed by atoms with Crippen molar-refractivity contribution in [1.29, 1.82) is 0 Å². The molecule has 9 nitrogen and oxygen atoms in total. The number of hydrogen-bond donors (Lipinski definition) is 2. The molecule has 1 atom stereocenters. The average Bonchev–Trinajstić information content (AvgIpc) is 3.48. The molecule has 0 saturated carbocycles. The zero-order valence-electron chi connectivity index (χ0n) is 18.9. The minimum absolute atomic E-state index is 0.204. The first kappa shape index (κ1) is 21.0. The Hall–Kier alpha value is -4.53. The van der Waals surface area contributed by atoms with Crippen LogP contribution in [0.25, 0.3) is 33.5 Å². The largest absolute Gasteiger partial charge is 0.497 e. The lowest BCUT2D eigenvalue weighted by molar-refractivity contribution is -0.136. The molecule has 0 spiro atoms. The number of rotatable bonds is 4. The van der Waals surface area contributed by atoms with Crippen molar-refractivity contribution < 1.29 is 19.1 Å². The Morgan fingerprint density at radius 3 is 2.60 bits per heavy atom. The number of amides is 3. The summed E-state index contributed by atoms with van der Waals surface area (Å²) in [5.74, 6) is 1.03. The lowest BCUT2D eigenvalue weighted by Gasteiger charge is -2.29. The number of aromatic nitrogens is 3. The van der Waals surface area contributed by atoms with E-state index in [1.54, 1.807) is 13.2 Å². The second-order valence-corrected chi connectivity index (χ2v) is 8.71. The molecule has 0 bridgehead atoms. The van der Waals surface area contributed by atoms with Crippen molar-refractivity contribution in [2.45, 2.75) is 25.4 Å². The molecule has 3 amide bonds. The number of carbonyl (C=O) groups excluding carboxylic acids is 3. The number of hydrogen-bond acceptors (Lipinski definition) is 6. The number of ether oxygens (including phenoxy) is 1. The third-order valence-corrected chi connectivity index (χ3v) is 6.59. The van der Waals surface area contributed by atoms with Gasteiger partial charge in [0.15, 0.2) is 11.6 Å². The molecule has 1 fully saturated rings. The summed E-state index contributed by atoms with van der Waals surface area (Å²) in [6, 6.07) is 16.7. The zero-order chi connectivity index (χ0) is 24.1. The maximum Gasteiger partial charge on any atom is 0.255 e. The van der Waals surface area contributed by atoms with Crippen LogP contribution in [0.2, 0.25) is 0 Å². The normalized spacial score (nSPS) is 17.6. The molecule has 1 unspecified atom stereocenters. The number of H-pyrrole nitrogens is 1. The predicted octanol–water partition coefficient (Wildman–Crippen LogP) is 3.06. The van der Waals surface area contributed by atoms with Crippen molar-refractivity contribution in [3.63, 3.8) is 0 Å². The highest BCUT2D eigenvalue weighted by Crippen LogP contribution is 2.31. The standard InChI is InChI=1S/C26H21N5O4/c1-35-19-6-4-14-10-16(3-2-15(14)12-19)23-28-24(30-29-23)17-5-7-20-18(11-17)13-31(26(20)34)21-8-9-22(32)27-25(21)33/h2-7,10-12,21H,8-9,13H2,1H3,(H,27,32,33)(H,28,29,30). The van der Waals surface area contributed by atoms with E-state index in [4.69, 9.17) is 4.74 Å². The molecule has 0 aliphatic carbocycles. The van der Waals surface area contributed by atoms with Crippen LogP contribution < -0.4 is 10.1 Å². The van der Waals surface area contributed by atoms with Crippen molar-refractivity contribution in [3.8, 4) is 28.5 Å². The van der Waals surface area contributed by atoms with E-state index in [1.165, 1.54) is 4.90 Å². The molecule has 1 aromatic heterocycles. The van der Waals surface area contributed by atoms with Crippen molar-refractivity contribution in [2.75, 3.05) is 7.11 Å². The van der Waals surface area contributed by atoms with Gasteiger partial charge in [-0.2, -0.15) is 5.10 Å². The van der Waals surface area contributed by atoms with Gasteiger partial charge in [0.1, 0.15) is 11.8 Å². The van der Waals surface area contributed by atoms with Crippen LogP contribution in [0.5, 0.6) is 5.75 Å². The van der Waals surface area contributed by atoms with E-state index in [1.807, 2.05) is 48.5 Å². The minimum atomic E-state index is -0.640. The van der Waals surface area contributed by atoms with Crippen LogP contribution in [0.3, 0.4) is 0 Å². The number of carbonyl (C=O) groups is 3. The smallest absolute Gasteiger partial charge is 0.255 e. The number of benzene rings is 3. The van der Waals surface area contributed by atoms with Gasteiger partial charge < -0.3 is 9.64 Å². The monoisotopic (exact) mass is 467 g/mol. The van der Waals surface area contributed by atoms with Gasteiger partial charge in [-0.1, -0.05) is 24.3 Å². The number of nitrogens with one attached hydrogen (secondary N) is 2. The Kier molecular flexibility index (Phi) is 4.84. The lowest BCUT2D eigenvalue weighted by atomic mass is 10.0. The van der Waals surface area contributed by atoms with Gasteiger partial charge in [-0.3, -0.25) is 24.8 Å². The third kappa shape index (κ3) is 3.61. The molecule has 2 aliphatic heterocycles. The van der Waals surface area contributed by atoms with Gasteiger partial charge >= 0.3 is 0 Å². The molecule has 174 valence electrons. The van der Waals surface area contributed by atoms with Gasteiger partial charge in [-0.25, -0.2) is 4.98 Å². The molecule has 3 aromatic carbocycles. The minimum Gasteiger partial charge on any atom is -0.497 e. The Labute approximate surface area is 200 Å². The topological polar surface area (TPSA) is 117 Å². The summed E-state index contributed by atoms with van der Waals surface area (Å²) >= 11 is 0. The van der Waals surface area contributed by atoms with Crippen LogP contribution in [-0.2, 0) is 16.1 Å². The molecule has 3 heterocycles. The molecule has 1 saturated heterocycles. The Morgan fingerprint density at radius 1 is 0.971 bits per heavy atom. The van der Waals surface area contributed by atoms with E-state index in [0.717, 1.165) is 33.2 Å². The van der Waals surface area contributed by atoms with Crippen molar-refractivity contribution in [1.82, 2.24) is 25.4 Å². The number of fused-ring (bicyclic) bond motifs is 2. The number of methoxy groups -OCH3 is 1. The first-order chi connectivity index (χ1) is 17.0.